The molecule has 0 atom stereocenters. The molecule has 1 aromatic carbocycles. The van der Waals surface area contributed by atoms with E-state index < -0.39 is 0 Å². The van der Waals surface area contributed by atoms with Gasteiger partial charge >= 0.3 is 0 Å². The van der Waals surface area contributed by atoms with E-state index in [-0.39, 0.29) is 0 Å². The van der Waals surface area contributed by atoms with Crippen LogP contribution in [0.15, 0.2) is 36.8 Å². The molecule has 18 heavy (non-hydrogen) atoms. The molecule has 1 heterocycles. The van der Waals surface area contributed by atoms with Crippen molar-refractivity contribution in [1.82, 2.24) is 9.97 Å². The molecule has 0 aliphatic rings. The van der Waals surface area contributed by atoms with Crippen LogP contribution in [0.4, 0.5) is 5.82 Å². The molecule has 2 aromatic rings. The lowest BCUT2D eigenvalue weighted by atomic mass is 10.1. The molecule has 0 aliphatic heterocycles. The number of anilines is 1. The highest BCUT2D eigenvalue weighted by atomic mass is 32.1. The first-order chi connectivity index (χ1) is 8.68. The summed E-state index contributed by atoms with van der Waals surface area (Å²) in [5.74, 6) is 0.667. The molecule has 0 amide bonds. The van der Waals surface area contributed by atoms with E-state index in [1.54, 1.807) is 6.20 Å². The summed E-state index contributed by atoms with van der Waals surface area (Å²) >= 11 is 4.96. The fourth-order valence-corrected chi connectivity index (χ4v) is 1.79. The number of thiocarbonyl (C=S) groups is 1. The van der Waals surface area contributed by atoms with Crippen molar-refractivity contribution in [2.75, 3.05) is 5.32 Å². The van der Waals surface area contributed by atoms with Gasteiger partial charge in [-0.2, -0.15) is 0 Å². The third-order valence-corrected chi connectivity index (χ3v) is 2.91. The molecule has 92 valence electrons. The first-order valence-corrected chi connectivity index (χ1v) is 5.97. The molecule has 0 saturated heterocycles. The zero-order valence-electron chi connectivity index (χ0n) is 10.1. The Bertz CT molecular complexity index is 568. The molecule has 1 aromatic heterocycles. The van der Waals surface area contributed by atoms with Crippen LogP contribution in [0.3, 0.4) is 0 Å². The van der Waals surface area contributed by atoms with Gasteiger partial charge in [-0.3, -0.25) is 0 Å². The molecule has 4 nitrogen and oxygen atoms in total. The number of benzene rings is 1. The molecular weight excluding hydrogens is 244 g/mol. The van der Waals surface area contributed by atoms with Crippen molar-refractivity contribution in [3.05, 3.63) is 53.5 Å². The summed E-state index contributed by atoms with van der Waals surface area (Å²) in [5.41, 5.74) is 8.74. The number of nitrogens with zero attached hydrogens (tertiary/aromatic N) is 2. The third kappa shape index (κ3) is 2.81. The van der Waals surface area contributed by atoms with E-state index in [0.29, 0.717) is 22.9 Å². The van der Waals surface area contributed by atoms with Gasteiger partial charge in [0.2, 0.25) is 0 Å². The van der Waals surface area contributed by atoms with Crippen LogP contribution in [0.1, 0.15) is 16.7 Å². The number of nitrogens with one attached hydrogen (secondary N) is 1. The van der Waals surface area contributed by atoms with Crippen LogP contribution in [0.25, 0.3) is 0 Å². The Morgan fingerprint density at radius 2 is 2.17 bits per heavy atom. The van der Waals surface area contributed by atoms with E-state index in [1.807, 2.05) is 12.1 Å². The van der Waals surface area contributed by atoms with Crippen LogP contribution >= 0.6 is 12.2 Å². The maximum Gasteiger partial charge on any atom is 0.139 e. The van der Waals surface area contributed by atoms with Gasteiger partial charge in [-0.1, -0.05) is 36.5 Å². The second-order valence-corrected chi connectivity index (χ2v) is 4.37. The summed E-state index contributed by atoms with van der Waals surface area (Å²) in [7, 11) is 0. The second kappa shape index (κ2) is 5.55. The van der Waals surface area contributed by atoms with Crippen LogP contribution in [0.2, 0.25) is 0 Å². The molecular formula is C13H14N4S. The lowest BCUT2D eigenvalue weighted by molar-refractivity contribution is 1.06. The van der Waals surface area contributed by atoms with Gasteiger partial charge in [-0.25, -0.2) is 9.97 Å². The first-order valence-electron chi connectivity index (χ1n) is 5.56. The standard InChI is InChI=1S/C13H14N4S/c1-9-4-2-3-5-10(9)6-16-13-11(12(14)18)7-15-8-17-13/h2-5,7-8H,6H2,1H3,(H2,14,18)(H,15,16,17). The molecule has 5 heteroatoms. The van der Waals surface area contributed by atoms with Gasteiger partial charge in [0.05, 0.1) is 5.56 Å². The monoisotopic (exact) mass is 258 g/mol. The first kappa shape index (κ1) is 12.4. The number of aryl methyl sites for hydroxylation is 1. The predicted molar refractivity (Wildman–Crippen MR) is 76.4 cm³/mol. The van der Waals surface area contributed by atoms with E-state index in [1.165, 1.54) is 17.5 Å². The lowest BCUT2D eigenvalue weighted by Gasteiger charge is -2.10. The zero-order valence-corrected chi connectivity index (χ0v) is 10.9. The smallest absolute Gasteiger partial charge is 0.139 e. The lowest BCUT2D eigenvalue weighted by Crippen LogP contribution is -2.15. The molecule has 0 spiro atoms. The van der Waals surface area contributed by atoms with Crippen LogP contribution < -0.4 is 11.1 Å². The van der Waals surface area contributed by atoms with Gasteiger partial charge in [-0.15, -0.1) is 0 Å². The predicted octanol–water partition coefficient (Wildman–Crippen LogP) is 2.03. The Morgan fingerprint density at radius 1 is 1.39 bits per heavy atom. The summed E-state index contributed by atoms with van der Waals surface area (Å²) < 4.78 is 0. The van der Waals surface area contributed by atoms with E-state index in [2.05, 4.69) is 34.3 Å². The van der Waals surface area contributed by atoms with Crippen molar-refractivity contribution in [2.24, 2.45) is 5.73 Å². The fraction of sp³-hybridized carbons (Fsp3) is 0.154. The Hall–Kier alpha value is -2.01. The number of aromatic nitrogens is 2. The SMILES string of the molecule is Cc1ccccc1CNc1ncncc1C(N)=S. The van der Waals surface area contributed by atoms with Gasteiger partial charge in [0, 0.05) is 12.7 Å². The maximum absolute atomic E-state index is 5.62. The minimum Gasteiger partial charge on any atom is -0.389 e. The number of hydrogen-bond acceptors (Lipinski definition) is 4. The molecule has 2 rings (SSSR count). The Labute approximate surface area is 111 Å². The quantitative estimate of drug-likeness (QED) is 0.822. The van der Waals surface area contributed by atoms with Crippen molar-refractivity contribution in [3.63, 3.8) is 0 Å². The van der Waals surface area contributed by atoms with E-state index in [0.717, 1.165) is 0 Å². The summed E-state index contributed by atoms with van der Waals surface area (Å²) in [6.45, 7) is 2.75. The average molecular weight is 258 g/mol. The van der Waals surface area contributed by atoms with E-state index in [9.17, 15) is 0 Å². The van der Waals surface area contributed by atoms with Gasteiger partial charge in [-0.05, 0) is 18.1 Å². The van der Waals surface area contributed by atoms with Gasteiger partial charge < -0.3 is 11.1 Å². The highest BCUT2D eigenvalue weighted by molar-refractivity contribution is 7.80. The van der Waals surface area contributed by atoms with Gasteiger partial charge in [0.25, 0.3) is 0 Å². The fourth-order valence-electron chi connectivity index (χ4n) is 1.64. The average Bonchev–Trinajstić information content (AvgIpc) is 2.38. The topological polar surface area (TPSA) is 63.8 Å². The summed E-state index contributed by atoms with van der Waals surface area (Å²) in [6.07, 6.45) is 3.09. The highest BCUT2D eigenvalue weighted by Gasteiger charge is 2.06. The van der Waals surface area contributed by atoms with Crippen molar-refractivity contribution < 1.29 is 0 Å². The minimum atomic E-state index is 0.294. The van der Waals surface area contributed by atoms with Crippen LogP contribution in [0.5, 0.6) is 0 Å². The van der Waals surface area contributed by atoms with Gasteiger partial charge in [0.15, 0.2) is 0 Å². The number of nitrogens with two attached hydrogens (primary N) is 1. The minimum absolute atomic E-state index is 0.294. The van der Waals surface area contributed by atoms with Crippen molar-refractivity contribution in [3.8, 4) is 0 Å². The molecule has 0 saturated carbocycles. The molecule has 0 bridgehead atoms. The summed E-state index contributed by atoms with van der Waals surface area (Å²) in [6, 6.07) is 8.18. The third-order valence-electron chi connectivity index (χ3n) is 2.69. The maximum atomic E-state index is 5.62. The zero-order chi connectivity index (χ0) is 13.0. The normalized spacial score (nSPS) is 10.1. The number of rotatable bonds is 4. The molecule has 0 unspecified atom stereocenters. The second-order valence-electron chi connectivity index (χ2n) is 3.93. The summed E-state index contributed by atoms with van der Waals surface area (Å²) in [4.78, 5) is 8.37. The number of hydrogen-bond donors (Lipinski definition) is 2. The molecule has 0 fully saturated rings. The van der Waals surface area contributed by atoms with E-state index >= 15 is 0 Å². The molecule has 0 radical (unpaired) electrons. The van der Waals surface area contributed by atoms with Crippen molar-refractivity contribution >= 4 is 23.0 Å². The molecule has 0 aliphatic carbocycles. The van der Waals surface area contributed by atoms with Crippen LogP contribution in [-0.2, 0) is 6.54 Å². The summed E-state index contributed by atoms with van der Waals surface area (Å²) in [5, 5.41) is 3.23. The highest BCUT2D eigenvalue weighted by Crippen LogP contribution is 2.13. The molecule has 3 N–H and O–H groups in total. The van der Waals surface area contributed by atoms with Crippen molar-refractivity contribution in [1.29, 1.82) is 0 Å². The Kier molecular flexibility index (Phi) is 3.84. The van der Waals surface area contributed by atoms with Crippen LogP contribution in [-0.4, -0.2) is 15.0 Å². The largest absolute Gasteiger partial charge is 0.389 e. The Balaban J connectivity index is 2.16. The van der Waals surface area contributed by atoms with Crippen molar-refractivity contribution in [2.45, 2.75) is 13.5 Å². The van der Waals surface area contributed by atoms with E-state index in [4.69, 9.17) is 18.0 Å². The Morgan fingerprint density at radius 3 is 2.89 bits per heavy atom. The van der Waals surface area contributed by atoms with Crippen LogP contribution in [0, 0.1) is 6.92 Å². The van der Waals surface area contributed by atoms with Gasteiger partial charge in [0.1, 0.15) is 17.1 Å².